The van der Waals surface area contributed by atoms with E-state index in [1.54, 1.807) is 33.3 Å². The van der Waals surface area contributed by atoms with Crippen molar-refractivity contribution in [1.29, 1.82) is 0 Å². The largest absolute Gasteiger partial charge is 0.504 e. The van der Waals surface area contributed by atoms with Gasteiger partial charge in [-0.3, -0.25) is 4.79 Å². The Morgan fingerprint density at radius 3 is 2.26 bits per heavy atom. The van der Waals surface area contributed by atoms with Gasteiger partial charge < -0.3 is 34.1 Å². The zero-order valence-electron chi connectivity index (χ0n) is 24.6. The SMILES string of the molecule is COc1ccc([C@H]2C(C(=O)OCCOc3ccccc3)=C(C)NC3=C2C(=O)C[C@H](c2ccc(OC)c(OC)c2)C3)cc1O. The summed E-state index contributed by atoms with van der Waals surface area (Å²) in [5, 5.41) is 14.0. The molecule has 1 aliphatic heterocycles. The second-order valence-electron chi connectivity index (χ2n) is 10.4. The number of hydrogen-bond donors (Lipinski definition) is 2. The number of phenolic OH excluding ortho intramolecular Hbond substituents is 1. The summed E-state index contributed by atoms with van der Waals surface area (Å²) in [6.45, 7) is 1.98. The zero-order valence-corrected chi connectivity index (χ0v) is 24.6. The number of methoxy groups -OCH3 is 3. The third-order valence-electron chi connectivity index (χ3n) is 7.79. The van der Waals surface area contributed by atoms with Gasteiger partial charge in [0.2, 0.25) is 0 Å². The second kappa shape index (κ2) is 12.9. The molecule has 1 aliphatic carbocycles. The number of hydrogen-bond acceptors (Lipinski definition) is 9. The number of phenols is 1. The van der Waals surface area contributed by atoms with Crippen LogP contribution in [0.25, 0.3) is 0 Å². The predicted octanol–water partition coefficient (Wildman–Crippen LogP) is 5.40. The van der Waals surface area contributed by atoms with Crippen LogP contribution in [0.4, 0.5) is 0 Å². The molecule has 2 aliphatic rings. The predicted molar refractivity (Wildman–Crippen MR) is 160 cm³/mol. The third-order valence-corrected chi connectivity index (χ3v) is 7.79. The Morgan fingerprint density at radius 2 is 1.56 bits per heavy atom. The van der Waals surface area contributed by atoms with Crippen molar-refractivity contribution in [1.82, 2.24) is 5.32 Å². The van der Waals surface area contributed by atoms with Crippen molar-refractivity contribution < 1.29 is 38.4 Å². The number of ether oxygens (including phenoxy) is 5. The number of rotatable bonds is 10. The molecule has 9 nitrogen and oxygen atoms in total. The van der Waals surface area contributed by atoms with Gasteiger partial charge in [0.25, 0.3) is 0 Å². The van der Waals surface area contributed by atoms with Crippen LogP contribution in [0, 0.1) is 0 Å². The normalized spacial score (nSPS) is 18.0. The quantitative estimate of drug-likeness (QED) is 0.239. The lowest BCUT2D eigenvalue weighted by Crippen LogP contribution is -2.36. The maximum atomic E-state index is 13.9. The van der Waals surface area contributed by atoms with Crippen LogP contribution >= 0.6 is 0 Å². The average Bonchev–Trinajstić information content (AvgIpc) is 3.02. The van der Waals surface area contributed by atoms with Crippen molar-refractivity contribution in [2.75, 3.05) is 34.5 Å². The molecular weight excluding hydrogens is 550 g/mol. The summed E-state index contributed by atoms with van der Waals surface area (Å²) < 4.78 is 27.4. The van der Waals surface area contributed by atoms with Crippen molar-refractivity contribution in [3.8, 4) is 28.7 Å². The van der Waals surface area contributed by atoms with Gasteiger partial charge in [-0.1, -0.05) is 30.3 Å². The van der Waals surface area contributed by atoms with E-state index in [-0.39, 0.29) is 37.1 Å². The summed E-state index contributed by atoms with van der Waals surface area (Å²) in [4.78, 5) is 27.5. The molecule has 224 valence electrons. The number of carbonyl (C=O) groups excluding carboxylic acids is 2. The fraction of sp³-hybridized carbons (Fsp3) is 0.294. The molecule has 9 heteroatoms. The van der Waals surface area contributed by atoms with Crippen LogP contribution in [0.1, 0.15) is 42.7 Å². The highest BCUT2D eigenvalue weighted by Gasteiger charge is 2.41. The molecule has 3 aromatic rings. The molecule has 1 heterocycles. The third kappa shape index (κ3) is 6.16. The molecule has 0 saturated heterocycles. The van der Waals surface area contributed by atoms with Crippen LogP contribution in [0.2, 0.25) is 0 Å². The van der Waals surface area contributed by atoms with Gasteiger partial charge in [0.05, 0.1) is 26.9 Å². The summed E-state index contributed by atoms with van der Waals surface area (Å²) in [5.41, 5.74) is 3.63. The van der Waals surface area contributed by atoms with Crippen LogP contribution in [0.3, 0.4) is 0 Å². The van der Waals surface area contributed by atoms with Crippen LogP contribution < -0.4 is 24.3 Å². The topological polar surface area (TPSA) is 113 Å². The van der Waals surface area contributed by atoms with E-state index in [4.69, 9.17) is 23.7 Å². The summed E-state index contributed by atoms with van der Waals surface area (Å²) >= 11 is 0. The van der Waals surface area contributed by atoms with E-state index < -0.39 is 11.9 Å². The lowest BCUT2D eigenvalue weighted by Gasteiger charge is -2.37. The number of allylic oxidation sites excluding steroid dienone is 3. The Morgan fingerprint density at radius 1 is 0.860 bits per heavy atom. The molecule has 3 aromatic carbocycles. The van der Waals surface area contributed by atoms with Crippen molar-refractivity contribution in [2.45, 2.75) is 31.6 Å². The first-order valence-corrected chi connectivity index (χ1v) is 14.0. The Balaban J connectivity index is 1.45. The smallest absolute Gasteiger partial charge is 0.336 e. The minimum absolute atomic E-state index is 0.0202. The molecule has 0 bridgehead atoms. The van der Waals surface area contributed by atoms with Gasteiger partial charge in [-0.2, -0.15) is 0 Å². The van der Waals surface area contributed by atoms with Gasteiger partial charge in [-0.15, -0.1) is 0 Å². The van der Waals surface area contributed by atoms with E-state index in [0.29, 0.717) is 51.8 Å². The standard InChI is InChI=1S/C34H35NO8/c1-20-31(34(38)43-15-14-42-24-8-6-5-7-9-24)32(22-11-12-28(39-2)26(36)17-22)33-25(35-20)16-23(18-27(33)37)21-10-13-29(40-3)30(19-21)41-4/h5-13,17,19,23,32,35-36H,14-16,18H2,1-4H3/t23-,32+/m1/s1. The van der Waals surface area contributed by atoms with Gasteiger partial charge in [0.1, 0.15) is 19.0 Å². The van der Waals surface area contributed by atoms with E-state index >= 15 is 0 Å². The molecule has 0 saturated carbocycles. The van der Waals surface area contributed by atoms with E-state index in [1.165, 1.54) is 13.2 Å². The second-order valence-corrected chi connectivity index (χ2v) is 10.4. The zero-order chi connectivity index (χ0) is 30.5. The fourth-order valence-electron chi connectivity index (χ4n) is 5.76. The molecule has 43 heavy (non-hydrogen) atoms. The minimum atomic E-state index is -0.741. The minimum Gasteiger partial charge on any atom is -0.504 e. The molecule has 0 aromatic heterocycles. The molecular formula is C34H35NO8. The number of Topliss-reactive ketones (excluding diaryl/α,β-unsaturated/α-hetero) is 1. The Hall–Kier alpha value is -4.92. The van der Waals surface area contributed by atoms with Crippen LogP contribution in [0.5, 0.6) is 28.7 Å². The summed E-state index contributed by atoms with van der Waals surface area (Å²) in [6, 6.07) is 19.8. The highest BCUT2D eigenvalue weighted by atomic mass is 16.6. The van der Waals surface area contributed by atoms with Crippen molar-refractivity contribution in [3.05, 3.63) is 100 Å². The Labute approximate surface area is 250 Å². The molecule has 0 spiro atoms. The van der Waals surface area contributed by atoms with Crippen LogP contribution in [-0.4, -0.2) is 51.4 Å². The van der Waals surface area contributed by atoms with Gasteiger partial charge in [0, 0.05) is 29.3 Å². The Kier molecular flexibility index (Phi) is 8.90. The van der Waals surface area contributed by atoms with E-state index in [2.05, 4.69) is 5.32 Å². The summed E-state index contributed by atoms with van der Waals surface area (Å²) in [7, 11) is 4.62. The van der Waals surface area contributed by atoms with Crippen LogP contribution in [0.15, 0.2) is 89.3 Å². The lowest BCUT2D eigenvalue weighted by molar-refractivity contribution is -0.140. The first kappa shape index (κ1) is 29.6. The first-order valence-electron chi connectivity index (χ1n) is 14.0. The van der Waals surface area contributed by atoms with Gasteiger partial charge in [-0.25, -0.2) is 4.79 Å². The fourth-order valence-corrected chi connectivity index (χ4v) is 5.76. The summed E-state index contributed by atoms with van der Waals surface area (Å²) in [5.74, 6) is 0.558. The molecule has 0 unspecified atom stereocenters. The highest BCUT2D eigenvalue weighted by molar-refractivity contribution is 6.04. The average molecular weight is 586 g/mol. The van der Waals surface area contributed by atoms with Crippen molar-refractivity contribution in [2.24, 2.45) is 0 Å². The molecule has 2 atom stereocenters. The molecule has 5 rings (SSSR count). The number of esters is 1. The van der Waals surface area contributed by atoms with Gasteiger partial charge in [0.15, 0.2) is 28.8 Å². The van der Waals surface area contributed by atoms with E-state index in [1.807, 2.05) is 48.5 Å². The van der Waals surface area contributed by atoms with Gasteiger partial charge in [-0.05, 0) is 66.8 Å². The highest BCUT2D eigenvalue weighted by Crippen LogP contribution is 2.47. The van der Waals surface area contributed by atoms with Crippen molar-refractivity contribution in [3.63, 3.8) is 0 Å². The first-order chi connectivity index (χ1) is 20.8. The number of ketones is 1. The van der Waals surface area contributed by atoms with E-state index in [9.17, 15) is 14.7 Å². The number of para-hydroxylation sites is 1. The number of nitrogens with one attached hydrogen (secondary N) is 1. The van der Waals surface area contributed by atoms with Crippen molar-refractivity contribution >= 4 is 11.8 Å². The maximum absolute atomic E-state index is 13.9. The molecule has 2 N–H and O–H groups in total. The number of dihydropyridines is 1. The molecule has 0 amide bonds. The molecule has 0 fully saturated rings. The Bertz CT molecular complexity index is 1580. The number of aromatic hydroxyl groups is 1. The molecule has 0 radical (unpaired) electrons. The monoisotopic (exact) mass is 585 g/mol. The van der Waals surface area contributed by atoms with Crippen LogP contribution in [-0.2, 0) is 14.3 Å². The van der Waals surface area contributed by atoms with Gasteiger partial charge >= 0.3 is 5.97 Å². The van der Waals surface area contributed by atoms with E-state index in [0.717, 1.165) is 11.3 Å². The lowest BCUT2D eigenvalue weighted by atomic mass is 9.71. The maximum Gasteiger partial charge on any atom is 0.336 e. The number of benzene rings is 3. The number of carbonyl (C=O) groups is 2. The summed E-state index contributed by atoms with van der Waals surface area (Å²) in [6.07, 6.45) is 0.778.